The molecule has 4 nitrogen and oxygen atoms in total. The zero-order valence-corrected chi connectivity index (χ0v) is 10.4. The van der Waals surface area contributed by atoms with E-state index in [0.29, 0.717) is 11.4 Å². The molecule has 0 saturated carbocycles. The van der Waals surface area contributed by atoms with E-state index in [-0.39, 0.29) is 17.7 Å². The van der Waals surface area contributed by atoms with E-state index in [1.54, 1.807) is 6.92 Å². The highest BCUT2D eigenvalue weighted by Gasteiger charge is 2.16. The molecule has 0 fully saturated rings. The van der Waals surface area contributed by atoms with Crippen molar-refractivity contribution >= 4 is 27.2 Å². The van der Waals surface area contributed by atoms with Crippen molar-refractivity contribution in [3.8, 4) is 0 Å². The highest BCUT2D eigenvalue weighted by molar-refractivity contribution is 7.89. The summed E-state index contributed by atoms with van der Waals surface area (Å²) in [7, 11) is -3.19. The minimum Gasteiger partial charge on any atom is -0.393 e. The van der Waals surface area contributed by atoms with E-state index >= 15 is 0 Å². The third kappa shape index (κ3) is 7.23. The van der Waals surface area contributed by atoms with E-state index < -0.39 is 10.0 Å². The monoisotopic (exact) mass is 238 g/mol. The van der Waals surface area contributed by atoms with Gasteiger partial charge < -0.3 is 5.73 Å². The quantitative estimate of drug-likeness (QED) is 0.666. The van der Waals surface area contributed by atoms with Crippen LogP contribution < -0.4 is 10.5 Å². The van der Waals surface area contributed by atoms with Gasteiger partial charge in [-0.1, -0.05) is 26.1 Å². The molecule has 1 unspecified atom stereocenters. The van der Waals surface area contributed by atoms with E-state index in [9.17, 15) is 8.42 Å². The number of sulfonamides is 1. The van der Waals surface area contributed by atoms with Gasteiger partial charge in [-0.05, 0) is 12.8 Å². The van der Waals surface area contributed by atoms with E-state index in [1.165, 1.54) is 0 Å². The molecule has 0 aromatic rings. The van der Waals surface area contributed by atoms with Crippen LogP contribution in [0, 0.1) is 5.92 Å². The van der Waals surface area contributed by atoms with Gasteiger partial charge in [-0.15, -0.1) is 0 Å². The van der Waals surface area contributed by atoms with Crippen LogP contribution in [0.15, 0.2) is 0 Å². The van der Waals surface area contributed by atoms with E-state index in [4.69, 9.17) is 18.0 Å². The molecule has 6 heteroatoms. The molecular formula is C8H18N2O2S2. The number of hydrogen-bond acceptors (Lipinski definition) is 3. The van der Waals surface area contributed by atoms with Crippen LogP contribution in [-0.2, 0) is 10.0 Å². The van der Waals surface area contributed by atoms with Crippen LogP contribution >= 0.6 is 12.2 Å². The normalized spacial score (nSPS) is 14.3. The summed E-state index contributed by atoms with van der Waals surface area (Å²) in [6.45, 7) is 5.46. The number of hydrogen-bond donors (Lipinski definition) is 2. The minimum atomic E-state index is -3.19. The summed E-state index contributed by atoms with van der Waals surface area (Å²) in [5, 5.41) is 0. The van der Waals surface area contributed by atoms with Gasteiger partial charge in [0.05, 0.1) is 10.7 Å². The number of rotatable bonds is 6. The molecule has 0 rings (SSSR count). The third-order valence-electron chi connectivity index (χ3n) is 1.44. The Morgan fingerprint density at radius 3 is 2.29 bits per heavy atom. The Morgan fingerprint density at radius 1 is 1.43 bits per heavy atom. The Morgan fingerprint density at radius 2 is 1.93 bits per heavy atom. The average molecular weight is 238 g/mol. The lowest BCUT2D eigenvalue weighted by molar-refractivity contribution is 0.553. The average Bonchev–Trinajstić information content (AvgIpc) is 1.77. The molecule has 1 atom stereocenters. The second-order valence-electron chi connectivity index (χ2n) is 3.86. The lowest BCUT2D eigenvalue weighted by Crippen LogP contribution is -2.37. The first-order valence-corrected chi connectivity index (χ1v) is 6.57. The lowest BCUT2D eigenvalue weighted by atomic mass is 10.3. The van der Waals surface area contributed by atoms with E-state index in [2.05, 4.69) is 4.72 Å². The summed E-state index contributed by atoms with van der Waals surface area (Å²) >= 11 is 4.69. The SMILES string of the molecule is CC(C)CS(=O)(=O)NC(C)CC(N)=S. The highest BCUT2D eigenvalue weighted by atomic mass is 32.2. The van der Waals surface area contributed by atoms with Gasteiger partial charge in [0.15, 0.2) is 0 Å². The Hall–Kier alpha value is -0.200. The summed E-state index contributed by atoms with van der Waals surface area (Å²) in [5.41, 5.74) is 5.31. The molecule has 0 aliphatic heterocycles. The summed E-state index contributed by atoms with van der Waals surface area (Å²) in [4.78, 5) is 0.324. The van der Waals surface area contributed by atoms with Crippen molar-refractivity contribution in [3.63, 3.8) is 0 Å². The molecular weight excluding hydrogens is 220 g/mol. The molecule has 14 heavy (non-hydrogen) atoms. The third-order valence-corrected chi connectivity index (χ3v) is 3.47. The largest absolute Gasteiger partial charge is 0.393 e. The molecule has 3 N–H and O–H groups in total. The summed E-state index contributed by atoms with van der Waals surface area (Å²) in [5.74, 6) is 0.249. The number of nitrogens with one attached hydrogen (secondary N) is 1. The van der Waals surface area contributed by atoms with E-state index in [0.717, 1.165) is 0 Å². The molecule has 84 valence electrons. The fourth-order valence-corrected chi connectivity index (χ4v) is 3.06. The van der Waals surface area contributed by atoms with Crippen molar-refractivity contribution in [2.45, 2.75) is 33.2 Å². The topological polar surface area (TPSA) is 72.2 Å². The highest BCUT2D eigenvalue weighted by Crippen LogP contribution is 2.00. The maximum absolute atomic E-state index is 11.4. The Kier molecular flexibility index (Phi) is 5.54. The van der Waals surface area contributed by atoms with Gasteiger partial charge in [-0.25, -0.2) is 13.1 Å². The van der Waals surface area contributed by atoms with Gasteiger partial charge in [0.1, 0.15) is 0 Å². The predicted molar refractivity (Wildman–Crippen MR) is 62.6 cm³/mol. The van der Waals surface area contributed by atoms with Gasteiger partial charge in [-0.2, -0.15) is 0 Å². The zero-order chi connectivity index (χ0) is 11.4. The molecule has 0 spiro atoms. The molecule has 0 aliphatic rings. The van der Waals surface area contributed by atoms with Crippen molar-refractivity contribution in [2.24, 2.45) is 11.7 Å². The Balaban J connectivity index is 4.16. The second-order valence-corrected chi connectivity index (χ2v) is 6.19. The van der Waals surface area contributed by atoms with Gasteiger partial charge in [-0.3, -0.25) is 0 Å². The van der Waals surface area contributed by atoms with Crippen LogP contribution in [0.5, 0.6) is 0 Å². The predicted octanol–water partition coefficient (Wildman–Crippen LogP) is 0.626. The Bertz CT molecular complexity index is 286. The van der Waals surface area contributed by atoms with Gasteiger partial charge in [0.2, 0.25) is 10.0 Å². The first kappa shape index (κ1) is 13.8. The molecule has 0 radical (unpaired) electrons. The van der Waals surface area contributed by atoms with Gasteiger partial charge in [0.25, 0.3) is 0 Å². The van der Waals surface area contributed by atoms with Crippen LogP contribution in [-0.4, -0.2) is 25.2 Å². The fraction of sp³-hybridized carbons (Fsp3) is 0.875. The van der Waals surface area contributed by atoms with Crippen molar-refractivity contribution in [1.29, 1.82) is 0 Å². The molecule has 0 aromatic carbocycles. The maximum Gasteiger partial charge on any atom is 0.212 e. The van der Waals surface area contributed by atoms with E-state index in [1.807, 2.05) is 13.8 Å². The maximum atomic E-state index is 11.4. The summed E-state index contributed by atoms with van der Waals surface area (Å²) in [6, 6.07) is -0.226. The van der Waals surface area contributed by atoms with Crippen LogP contribution in [0.25, 0.3) is 0 Å². The summed E-state index contributed by atoms with van der Waals surface area (Å²) < 4.78 is 25.4. The molecule has 0 heterocycles. The molecule has 0 saturated heterocycles. The van der Waals surface area contributed by atoms with Gasteiger partial charge in [0, 0.05) is 12.5 Å². The Labute approximate surface area is 91.3 Å². The number of nitrogens with two attached hydrogens (primary N) is 1. The molecule has 0 amide bonds. The first-order valence-electron chi connectivity index (χ1n) is 4.51. The molecule has 0 bridgehead atoms. The zero-order valence-electron chi connectivity index (χ0n) is 8.78. The standard InChI is InChI=1S/C8H18N2O2S2/c1-6(2)5-14(11,12)10-7(3)4-8(9)13/h6-7,10H,4-5H2,1-3H3,(H2,9,13). The smallest absolute Gasteiger partial charge is 0.212 e. The number of thiocarbonyl (C=S) groups is 1. The van der Waals surface area contributed by atoms with Crippen LogP contribution in [0.4, 0.5) is 0 Å². The van der Waals surface area contributed by atoms with Crippen molar-refractivity contribution in [1.82, 2.24) is 4.72 Å². The first-order chi connectivity index (χ1) is 6.23. The van der Waals surface area contributed by atoms with Gasteiger partial charge >= 0.3 is 0 Å². The minimum absolute atomic E-state index is 0.115. The van der Waals surface area contributed by atoms with Crippen molar-refractivity contribution < 1.29 is 8.42 Å². The second kappa shape index (κ2) is 5.63. The molecule has 0 aliphatic carbocycles. The molecule has 0 aromatic heterocycles. The fourth-order valence-electron chi connectivity index (χ4n) is 1.14. The van der Waals surface area contributed by atoms with Crippen LogP contribution in [0.3, 0.4) is 0 Å². The van der Waals surface area contributed by atoms with Crippen molar-refractivity contribution in [2.75, 3.05) is 5.75 Å². The van der Waals surface area contributed by atoms with Crippen molar-refractivity contribution in [3.05, 3.63) is 0 Å². The van der Waals surface area contributed by atoms with Crippen LogP contribution in [0.1, 0.15) is 27.2 Å². The summed E-state index contributed by atoms with van der Waals surface area (Å²) in [6.07, 6.45) is 0.395. The lowest BCUT2D eigenvalue weighted by Gasteiger charge is -2.14. The van der Waals surface area contributed by atoms with Crippen LogP contribution in [0.2, 0.25) is 0 Å².